The molecule has 0 spiro atoms. The van der Waals surface area contributed by atoms with Gasteiger partial charge in [-0.2, -0.15) is 0 Å². The average Bonchev–Trinajstić information content (AvgIpc) is 2.63. The molecule has 0 radical (unpaired) electrons. The fraction of sp³-hybridized carbons (Fsp3) is 0.125. The molecule has 1 atom stereocenters. The van der Waals surface area contributed by atoms with Gasteiger partial charge in [0, 0.05) is 17.2 Å². The molecule has 2 rings (SSSR count). The number of nitrogens with zero attached hydrogens (tertiary/aromatic N) is 1. The minimum absolute atomic E-state index is 0.0552. The van der Waals surface area contributed by atoms with Crippen LogP contribution in [0.5, 0.6) is 5.75 Å². The number of aliphatic hydroxyl groups excluding tert-OH is 1. The van der Waals surface area contributed by atoms with E-state index in [-0.39, 0.29) is 32.7 Å². The van der Waals surface area contributed by atoms with Crippen molar-refractivity contribution in [3.05, 3.63) is 62.1 Å². The number of hydrogen-bond donors (Lipinski definition) is 3. The Morgan fingerprint density at radius 3 is 2.56 bits per heavy atom. The predicted molar refractivity (Wildman–Crippen MR) is 98.2 cm³/mol. The summed E-state index contributed by atoms with van der Waals surface area (Å²) in [5, 5.41) is 22.2. The second-order valence-electron chi connectivity index (χ2n) is 5.23. The van der Waals surface area contributed by atoms with E-state index in [0.29, 0.717) is 0 Å². The summed E-state index contributed by atoms with van der Waals surface area (Å²) in [6.45, 7) is -0.633. The number of rotatable bonds is 6. The molecule has 27 heavy (non-hydrogen) atoms. The maximum Gasteiger partial charge on any atom is 0.330 e. The van der Waals surface area contributed by atoms with Crippen LogP contribution in [-0.2, 0) is 4.79 Å². The monoisotopic (exact) mass is 413 g/mol. The molecular formula is C16H13Cl2N3O6. The van der Waals surface area contributed by atoms with E-state index in [2.05, 4.69) is 5.32 Å². The van der Waals surface area contributed by atoms with Gasteiger partial charge in [-0.05, 0) is 24.3 Å². The normalized spacial score (nSPS) is 11.6. The quantitative estimate of drug-likeness (QED) is 0.285. The Morgan fingerprint density at radius 1 is 1.26 bits per heavy atom. The van der Waals surface area contributed by atoms with Crippen molar-refractivity contribution in [2.75, 3.05) is 11.9 Å². The summed E-state index contributed by atoms with van der Waals surface area (Å²) in [6, 6.07) is 6.16. The minimum atomic E-state index is -1.28. The molecule has 0 aliphatic rings. The molecule has 2 aromatic carbocycles. The Bertz CT molecular complexity index is 906. The van der Waals surface area contributed by atoms with Gasteiger partial charge in [0.05, 0.1) is 27.8 Å². The van der Waals surface area contributed by atoms with Crippen LogP contribution in [0.15, 0.2) is 36.4 Å². The Labute approximate surface area is 162 Å². The third-order valence-corrected chi connectivity index (χ3v) is 3.86. The number of esters is 1. The van der Waals surface area contributed by atoms with Gasteiger partial charge in [0.25, 0.3) is 11.6 Å². The topological polar surface area (TPSA) is 145 Å². The highest BCUT2D eigenvalue weighted by Crippen LogP contribution is 2.29. The zero-order chi connectivity index (χ0) is 20.1. The van der Waals surface area contributed by atoms with Crippen molar-refractivity contribution < 1.29 is 24.4 Å². The lowest BCUT2D eigenvalue weighted by atomic mass is 10.1. The molecule has 0 saturated carbocycles. The first-order valence-electron chi connectivity index (χ1n) is 7.36. The fourth-order valence-corrected chi connectivity index (χ4v) is 2.33. The summed E-state index contributed by atoms with van der Waals surface area (Å²) in [7, 11) is 0. The molecule has 1 unspecified atom stereocenters. The molecular weight excluding hydrogens is 401 g/mol. The first-order valence-corrected chi connectivity index (χ1v) is 8.11. The highest BCUT2D eigenvalue weighted by Gasteiger charge is 2.21. The van der Waals surface area contributed by atoms with Crippen LogP contribution in [0.3, 0.4) is 0 Å². The lowest BCUT2D eigenvalue weighted by Gasteiger charge is -2.13. The van der Waals surface area contributed by atoms with Gasteiger partial charge in [-0.1, -0.05) is 23.2 Å². The van der Waals surface area contributed by atoms with Gasteiger partial charge in [-0.3, -0.25) is 14.9 Å². The number of anilines is 1. The number of nitrogens with one attached hydrogen (secondary N) is 1. The summed E-state index contributed by atoms with van der Waals surface area (Å²) < 4.78 is 5.03. The first-order chi connectivity index (χ1) is 12.7. The van der Waals surface area contributed by atoms with Crippen LogP contribution in [-0.4, -0.2) is 34.6 Å². The molecule has 0 saturated heterocycles. The van der Waals surface area contributed by atoms with Gasteiger partial charge >= 0.3 is 5.97 Å². The molecule has 4 N–H and O–H groups in total. The second-order valence-corrected chi connectivity index (χ2v) is 6.07. The SMILES string of the molecule is NC(CO)C(=O)Oc1ccc(Cl)cc1C(=O)Nc1ccc([N+](=O)[O-])cc1Cl. The Morgan fingerprint density at radius 2 is 1.96 bits per heavy atom. The Hall–Kier alpha value is -2.72. The Kier molecular flexibility index (Phi) is 6.70. The van der Waals surface area contributed by atoms with Gasteiger partial charge in [0.1, 0.15) is 11.8 Å². The molecule has 9 nitrogen and oxygen atoms in total. The van der Waals surface area contributed by atoms with Gasteiger partial charge < -0.3 is 20.9 Å². The van der Waals surface area contributed by atoms with Crippen LogP contribution < -0.4 is 15.8 Å². The molecule has 142 valence electrons. The maximum absolute atomic E-state index is 12.5. The van der Waals surface area contributed by atoms with E-state index in [1.807, 2.05) is 0 Å². The molecule has 0 aliphatic carbocycles. The predicted octanol–water partition coefficient (Wildman–Crippen LogP) is 2.38. The summed E-state index contributed by atoms with van der Waals surface area (Å²) in [4.78, 5) is 34.4. The van der Waals surface area contributed by atoms with Crippen LogP contribution in [0.4, 0.5) is 11.4 Å². The van der Waals surface area contributed by atoms with Crippen LogP contribution in [0.25, 0.3) is 0 Å². The van der Waals surface area contributed by atoms with Crippen molar-refractivity contribution >= 4 is 46.5 Å². The fourth-order valence-electron chi connectivity index (χ4n) is 1.94. The zero-order valence-electron chi connectivity index (χ0n) is 13.5. The number of halogens is 2. The van der Waals surface area contributed by atoms with E-state index in [1.54, 1.807) is 0 Å². The molecule has 1 amide bonds. The Balaban J connectivity index is 2.29. The minimum Gasteiger partial charge on any atom is -0.424 e. The van der Waals surface area contributed by atoms with E-state index in [0.717, 1.165) is 6.07 Å². The number of carbonyl (C=O) groups excluding carboxylic acids is 2. The largest absolute Gasteiger partial charge is 0.424 e. The molecule has 0 aliphatic heterocycles. The molecule has 0 fully saturated rings. The van der Waals surface area contributed by atoms with Gasteiger partial charge in [0.15, 0.2) is 0 Å². The number of ether oxygens (including phenoxy) is 1. The van der Waals surface area contributed by atoms with Gasteiger partial charge in [0.2, 0.25) is 0 Å². The van der Waals surface area contributed by atoms with Gasteiger partial charge in [-0.15, -0.1) is 0 Å². The standard InChI is InChI=1S/C16H13Cl2N3O6/c17-8-1-4-14(27-16(24)12(19)7-22)10(5-8)15(23)20-13-3-2-9(21(25)26)6-11(13)18/h1-6,12,22H,7,19H2,(H,20,23). The summed E-state index contributed by atoms with van der Waals surface area (Å²) in [5.74, 6) is -1.81. The third kappa shape index (κ3) is 5.14. The number of nitrogens with two attached hydrogens (primary N) is 1. The highest BCUT2D eigenvalue weighted by molar-refractivity contribution is 6.34. The number of carbonyl (C=O) groups is 2. The summed E-state index contributed by atoms with van der Waals surface area (Å²) in [6.07, 6.45) is 0. The van der Waals surface area contributed by atoms with E-state index < -0.39 is 29.4 Å². The van der Waals surface area contributed by atoms with Crippen molar-refractivity contribution in [1.29, 1.82) is 0 Å². The van der Waals surface area contributed by atoms with Crippen molar-refractivity contribution in [2.45, 2.75) is 6.04 Å². The molecule has 0 aromatic heterocycles. The van der Waals surface area contributed by atoms with E-state index in [1.165, 1.54) is 30.3 Å². The van der Waals surface area contributed by atoms with Crippen molar-refractivity contribution in [2.24, 2.45) is 5.73 Å². The molecule has 11 heteroatoms. The van der Waals surface area contributed by atoms with E-state index in [4.69, 9.17) is 38.8 Å². The highest BCUT2D eigenvalue weighted by atomic mass is 35.5. The average molecular weight is 414 g/mol. The summed E-state index contributed by atoms with van der Waals surface area (Å²) in [5.41, 5.74) is 5.14. The van der Waals surface area contributed by atoms with E-state index in [9.17, 15) is 19.7 Å². The number of nitro groups is 1. The number of nitro benzene ring substituents is 1. The molecule has 2 aromatic rings. The third-order valence-electron chi connectivity index (χ3n) is 3.31. The van der Waals surface area contributed by atoms with Crippen molar-refractivity contribution in [3.8, 4) is 5.75 Å². The maximum atomic E-state index is 12.5. The number of amides is 1. The smallest absolute Gasteiger partial charge is 0.330 e. The van der Waals surface area contributed by atoms with Crippen molar-refractivity contribution in [3.63, 3.8) is 0 Å². The number of non-ortho nitro benzene ring substituents is 1. The van der Waals surface area contributed by atoms with Crippen LogP contribution in [0, 0.1) is 10.1 Å². The van der Waals surface area contributed by atoms with Crippen molar-refractivity contribution in [1.82, 2.24) is 0 Å². The zero-order valence-corrected chi connectivity index (χ0v) is 15.0. The first kappa shape index (κ1) is 20.6. The van der Waals surface area contributed by atoms with Crippen LogP contribution >= 0.6 is 23.2 Å². The second kappa shape index (κ2) is 8.78. The molecule has 0 heterocycles. The van der Waals surface area contributed by atoms with Crippen LogP contribution in [0.2, 0.25) is 10.0 Å². The number of benzene rings is 2. The lowest BCUT2D eigenvalue weighted by Crippen LogP contribution is -2.37. The lowest BCUT2D eigenvalue weighted by molar-refractivity contribution is -0.384. The van der Waals surface area contributed by atoms with Crippen LogP contribution in [0.1, 0.15) is 10.4 Å². The number of aliphatic hydroxyl groups is 1. The van der Waals surface area contributed by atoms with E-state index >= 15 is 0 Å². The van der Waals surface area contributed by atoms with Gasteiger partial charge in [-0.25, -0.2) is 4.79 Å². The molecule has 0 bridgehead atoms. The summed E-state index contributed by atoms with van der Waals surface area (Å²) >= 11 is 11.8. The number of hydrogen-bond acceptors (Lipinski definition) is 7.